The first-order valence-corrected chi connectivity index (χ1v) is 8.01. The van der Waals surface area contributed by atoms with Crippen molar-refractivity contribution in [2.24, 2.45) is 5.92 Å². The first kappa shape index (κ1) is 18.5. The number of carbonyl (C=O) groups is 1. The molecule has 0 bridgehead atoms. The van der Waals surface area contributed by atoms with Gasteiger partial charge in [-0.25, -0.2) is 0 Å². The topological polar surface area (TPSA) is 53.6 Å². The molecule has 1 aromatic rings. The smallest absolute Gasteiger partial charge is 0.228 e. The number of carbonyl (C=O) groups excluding carboxylic acids is 1. The molecule has 22 heavy (non-hydrogen) atoms. The van der Waals surface area contributed by atoms with Crippen LogP contribution in [0, 0.1) is 5.92 Å². The molecule has 5 heteroatoms. The lowest BCUT2D eigenvalue weighted by Gasteiger charge is -2.18. The van der Waals surface area contributed by atoms with Gasteiger partial charge in [0.15, 0.2) is 0 Å². The molecule has 1 atom stereocenters. The van der Waals surface area contributed by atoms with Crippen LogP contribution in [-0.2, 0) is 4.79 Å². The van der Waals surface area contributed by atoms with E-state index in [9.17, 15) is 4.79 Å². The van der Waals surface area contributed by atoms with Gasteiger partial charge >= 0.3 is 0 Å². The van der Waals surface area contributed by atoms with Gasteiger partial charge in [0, 0.05) is 24.7 Å². The second-order valence-electron chi connectivity index (χ2n) is 5.35. The first-order valence-electron chi connectivity index (χ1n) is 8.01. The Labute approximate surface area is 134 Å². The summed E-state index contributed by atoms with van der Waals surface area (Å²) in [4.78, 5) is 14.2. The standard InChI is InChI=1S/C17H29N3O2/c1-5-20(6-2)11-12-22-16-9-7-15(8-10-16)19-17(21)14(3)13-18-4/h7-10,14,18H,5-6,11-13H2,1-4H3,(H,19,21). The summed E-state index contributed by atoms with van der Waals surface area (Å²) in [5.74, 6) is 0.785. The molecule has 0 saturated carbocycles. The number of hydrogen-bond acceptors (Lipinski definition) is 4. The molecule has 0 aliphatic carbocycles. The molecule has 1 rings (SSSR count). The molecular formula is C17H29N3O2. The fraction of sp³-hybridized carbons (Fsp3) is 0.588. The van der Waals surface area contributed by atoms with Gasteiger partial charge in [-0.15, -0.1) is 0 Å². The van der Waals surface area contributed by atoms with E-state index in [0.717, 1.165) is 31.1 Å². The van der Waals surface area contributed by atoms with Crippen LogP contribution in [-0.4, -0.2) is 50.6 Å². The Morgan fingerprint density at radius 1 is 1.23 bits per heavy atom. The summed E-state index contributed by atoms with van der Waals surface area (Å²) in [6.07, 6.45) is 0. The highest BCUT2D eigenvalue weighted by atomic mass is 16.5. The highest BCUT2D eigenvalue weighted by Crippen LogP contribution is 2.16. The van der Waals surface area contributed by atoms with Crippen molar-refractivity contribution in [2.45, 2.75) is 20.8 Å². The molecule has 0 spiro atoms. The lowest BCUT2D eigenvalue weighted by Crippen LogP contribution is -2.28. The summed E-state index contributed by atoms with van der Waals surface area (Å²) in [6, 6.07) is 7.52. The maximum absolute atomic E-state index is 11.9. The van der Waals surface area contributed by atoms with Gasteiger partial charge in [0.2, 0.25) is 5.91 Å². The maximum atomic E-state index is 11.9. The van der Waals surface area contributed by atoms with E-state index in [1.807, 2.05) is 38.2 Å². The molecule has 5 nitrogen and oxygen atoms in total. The van der Waals surface area contributed by atoms with Gasteiger partial charge in [0.05, 0.1) is 0 Å². The molecule has 0 aliphatic heterocycles. The van der Waals surface area contributed by atoms with Gasteiger partial charge in [0.1, 0.15) is 12.4 Å². The number of ether oxygens (including phenoxy) is 1. The van der Waals surface area contributed by atoms with E-state index in [1.165, 1.54) is 0 Å². The lowest BCUT2D eigenvalue weighted by molar-refractivity contribution is -0.119. The summed E-state index contributed by atoms with van der Waals surface area (Å²) < 4.78 is 5.72. The Bertz CT molecular complexity index is 430. The predicted molar refractivity (Wildman–Crippen MR) is 91.4 cm³/mol. The highest BCUT2D eigenvalue weighted by molar-refractivity contribution is 5.92. The molecule has 0 fully saturated rings. The van der Waals surface area contributed by atoms with E-state index in [0.29, 0.717) is 13.2 Å². The Kier molecular flexibility index (Phi) is 8.55. The number of hydrogen-bond donors (Lipinski definition) is 2. The number of rotatable bonds is 10. The number of anilines is 1. The summed E-state index contributed by atoms with van der Waals surface area (Å²) >= 11 is 0. The van der Waals surface area contributed by atoms with Crippen molar-refractivity contribution < 1.29 is 9.53 Å². The van der Waals surface area contributed by atoms with Crippen LogP contribution in [0.4, 0.5) is 5.69 Å². The van der Waals surface area contributed by atoms with Crippen molar-refractivity contribution in [3.05, 3.63) is 24.3 Å². The molecule has 0 aromatic heterocycles. The zero-order valence-corrected chi connectivity index (χ0v) is 14.2. The van der Waals surface area contributed by atoms with E-state index in [4.69, 9.17) is 4.74 Å². The average Bonchev–Trinajstić information content (AvgIpc) is 2.53. The van der Waals surface area contributed by atoms with E-state index in [1.54, 1.807) is 0 Å². The molecule has 0 heterocycles. The largest absolute Gasteiger partial charge is 0.492 e. The molecule has 124 valence electrons. The van der Waals surface area contributed by atoms with Gasteiger partial charge in [-0.3, -0.25) is 4.79 Å². The summed E-state index contributed by atoms with van der Waals surface area (Å²) in [5.41, 5.74) is 0.795. The van der Waals surface area contributed by atoms with Crippen LogP contribution in [0.15, 0.2) is 24.3 Å². The number of amides is 1. The van der Waals surface area contributed by atoms with Crippen LogP contribution < -0.4 is 15.4 Å². The molecule has 0 saturated heterocycles. The van der Waals surface area contributed by atoms with E-state index in [-0.39, 0.29) is 11.8 Å². The third-order valence-electron chi connectivity index (χ3n) is 3.65. The number of benzene rings is 1. The molecule has 0 aliphatic rings. The van der Waals surface area contributed by atoms with Gasteiger partial charge in [-0.1, -0.05) is 20.8 Å². The molecule has 1 aromatic carbocycles. The second-order valence-corrected chi connectivity index (χ2v) is 5.35. The zero-order chi connectivity index (χ0) is 16.4. The van der Waals surface area contributed by atoms with Crippen LogP contribution in [0.25, 0.3) is 0 Å². The van der Waals surface area contributed by atoms with E-state index >= 15 is 0 Å². The third-order valence-corrected chi connectivity index (χ3v) is 3.65. The summed E-state index contributed by atoms with van der Waals surface area (Å²) in [6.45, 7) is 10.5. The quantitative estimate of drug-likeness (QED) is 0.696. The minimum atomic E-state index is -0.0602. The van der Waals surface area contributed by atoms with Crippen molar-refractivity contribution in [3.8, 4) is 5.75 Å². The molecule has 0 radical (unpaired) electrons. The minimum absolute atomic E-state index is 0.0181. The Morgan fingerprint density at radius 2 is 1.86 bits per heavy atom. The Hall–Kier alpha value is -1.59. The Morgan fingerprint density at radius 3 is 2.41 bits per heavy atom. The molecule has 2 N–H and O–H groups in total. The van der Waals surface area contributed by atoms with Crippen LogP contribution in [0.2, 0.25) is 0 Å². The minimum Gasteiger partial charge on any atom is -0.492 e. The first-order chi connectivity index (χ1) is 10.6. The van der Waals surface area contributed by atoms with Crippen molar-refractivity contribution in [2.75, 3.05) is 45.2 Å². The van der Waals surface area contributed by atoms with Crippen molar-refractivity contribution >= 4 is 11.6 Å². The fourth-order valence-electron chi connectivity index (χ4n) is 2.13. The monoisotopic (exact) mass is 307 g/mol. The van der Waals surface area contributed by atoms with Crippen molar-refractivity contribution in [1.29, 1.82) is 0 Å². The molecule has 1 unspecified atom stereocenters. The normalized spacial score (nSPS) is 12.2. The number of nitrogens with zero attached hydrogens (tertiary/aromatic N) is 1. The second kappa shape index (κ2) is 10.2. The van der Waals surface area contributed by atoms with Crippen LogP contribution in [0.5, 0.6) is 5.75 Å². The van der Waals surface area contributed by atoms with Crippen molar-refractivity contribution in [3.63, 3.8) is 0 Å². The highest BCUT2D eigenvalue weighted by Gasteiger charge is 2.11. The predicted octanol–water partition coefficient (Wildman–Crippen LogP) is 2.20. The van der Waals surface area contributed by atoms with Crippen LogP contribution in [0.3, 0.4) is 0 Å². The van der Waals surface area contributed by atoms with Crippen molar-refractivity contribution in [1.82, 2.24) is 10.2 Å². The average molecular weight is 307 g/mol. The number of nitrogens with one attached hydrogen (secondary N) is 2. The van der Waals surface area contributed by atoms with Gasteiger partial charge in [-0.2, -0.15) is 0 Å². The van der Waals surface area contributed by atoms with Crippen LogP contribution >= 0.6 is 0 Å². The van der Waals surface area contributed by atoms with Gasteiger partial charge in [0.25, 0.3) is 0 Å². The van der Waals surface area contributed by atoms with Gasteiger partial charge in [-0.05, 0) is 44.4 Å². The zero-order valence-electron chi connectivity index (χ0n) is 14.2. The maximum Gasteiger partial charge on any atom is 0.228 e. The fourth-order valence-corrected chi connectivity index (χ4v) is 2.13. The lowest BCUT2D eigenvalue weighted by atomic mass is 10.1. The van der Waals surface area contributed by atoms with E-state index in [2.05, 4.69) is 29.4 Å². The molecular weight excluding hydrogens is 278 g/mol. The molecule has 1 amide bonds. The summed E-state index contributed by atoms with van der Waals surface area (Å²) in [7, 11) is 1.84. The Balaban J connectivity index is 2.41. The third kappa shape index (κ3) is 6.45. The number of likely N-dealkylation sites (N-methyl/N-ethyl adjacent to an activating group) is 1. The summed E-state index contributed by atoms with van der Waals surface area (Å²) in [5, 5.41) is 5.90. The van der Waals surface area contributed by atoms with Gasteiger partial charge < -0.3 is 20.3 Å². The van der Waals surface area contributed by atoms with E-state index < -0.39 is 0 Å². The van der Waals surface area contributed by atoms with Crippen LogP contribution in [0.1, 0.15) is 20.8 Å². The SMILES string of the molecule is CCN(CC)CCOc1ccc(NC(=O)C(C)CNC)cc1.